The van der Waals surface area contributed by atoms with Crippen molar-refractivity contribution in [3.8, 4) is 5.75 Å². The van der Waals surface area contributed by atoms with Gasteiger partial charge in [-0.05, 0) is 26.0 Å². The summed E-state index contributed by atoms with van der Waals surface area (Å²) in [7, 11) is 0.326. The molecule has 0 heterocycles. The van der Waals surface area contributed by atoms with E-state index >= 15 is 0 Å². The molecule has 5 heteroatoms. The number of methoxy groups -OCH3 is 1. The summed E-state index contributed by atoms with van der Waals surface area (Å²) in [4.78, 5) is 0. The van der Waals surface area contributed by atoms with E-state index in [0.29, 0.717) is 0 Å². The minimum atomic E-state index is -3.09. The number of ether oxygens (including phenoxy) is 1. The van der Waals surface area contributed by atoms with Gasteiger partial charge in [0.05, 0.1) is 18.1 Å². The first kappa shape index (κ1) is 16.3. The molecule has 0 aromatic heterocycles. The summed E-state index contributed by atoms with van der Waals surface area (Å²) in [6.45, 7) is 0. The van der Waals surface area contributed by atoms with E-state index in [0.717, 1.165) is 43.4 Å². The molecule has 1 aliphatic rings. The number of nitrogens with one attached hydrogen (secondary N) is 1. The van der Waals surface area contributed by atoms with E-state index in [1.165, 1.54) is 0 Å². The lowest BCUT2D eigenvalue weighted by molar-refractivity contribution is 0.403. The van der Waals surface area contributed by atoms with Gasteiger partial charge in [-0.15, -0.1) is 0 Å². The van der Waals surface area contributed by atoms with E-state index in [4.69, 9.17) is 4.74 Å². The molecule has 0 aliphatic heterocycles. The monoisotopic (exact) mass is 311 g/mol. The topological polar surface area (TPSA) is 55.4 Å². The van der Waals surface area contributed by atoms with Crippen LogP contribution in [0.25, 0.3) is 0 Å². The van der Waals surface area contributed by atoms with Gasteiger partial charge < -0.3 is 10.1 Å². The fourth-order valence-corrected chi connectivity index (χ4v) is 5.21. The van der Waals surface area contributed by atoms with Crippen LogP contribution in [0.3, 0.4) is 0 Å². The molecule has 0 saturated heterocycles. The molecular weight excluding hydrogens is 286 g/mol. The van der Waals surface area contributed by atoms with Crippen molar-refractivity contribution in [1.29, 1.82) is 0 Å². The van der Waals surface area contributed by atoms with Crippen molar-refractivity contribution in [3.63, 3.8) is 0 Å². The van der Waals surface area contributed by atoms with Gasteiger partial charge in [-0.1, -0.05) is 37.5 Å². The summed E-state index contributed by atoms with van der Waals surface area (Å²) < 4.78 is 30.6. The maximum atomic E-state index is 12.6. The fraction of sp³-hybridized carbons (Fsp3) is 0.625. The highest BCUT2D eigenvalue weighted by atomic mass is 32.2. The Balaban J connectivity index is 2.18. The van der Waals surface area contributed by atoms with Gasteiger partial charge >= 0.3 is 0 Å². The van der Waals surface area contributed by atoms with E-state index in [9.17, 15) is 8.42 Å². The molecule has 0 radical (unpaired) electrons. The van der Waals surface area contributed by atoms with E-state index < -0.39 is 9.84 Å². The first-order valence-electron chi connectivity index (χ1n) is 7.60. The largest absolute Gasteiger partial charge is 0.496 e. The Bertz CT molecular complexity index is 550. The minimum Gasteiger partial charge on any atom is -0.496 e. The van der Waals surface area contributed by atoms with Crippen LogP contribution in [0.2, 0.25) is 0 Å². The Morgan fingerprint density at radius 2 is 1.90 bits per heavy atom. The molecule has 2 rings (SSSR count). The average Bonchev–Trinajstić information content (AvgIpc) is 2.53. The smallest absolute Gasteiger partial charge is 0.155 e. The maximum Gasteiger partial charge on any atom is 0.155 e. The Morgan fingerprint density at radius 1 is 1.24 bits per heavy atom. The molecule has 0 bridgehead atoms. The van der Waals surface area contributed by atoms with Crippen molar-refractivity contribution in [1.82, 2.24) is 5.32 Å². The molecule has 1 atom stereocenters. The van der Waals surface area contributed by atoms with Crippen LogP contribution in [-0.4, -0.2) is 33.6 Å². The zero-order valence-electron chi connectivity index (χ0n) is 12.8. The molecule has 1 fully saturated rings. The summed E-state index contributed by atoms with van der Waals surface area (Å²) in [5.74, 6) is 0.866. The van der Waals surface area contributed by atoms with Crippen LogP contribution in [0, 0.1) is 0 Å². The Morgan fingerprint density at radius 3 is 2.52 bits per heavy atom. The van der Waals surface area contributed by atoms with Crippen molar-refractivity contribution in [2.75, 3.05) is 19.9 Å². The molecule has 21 heavy (non-hydrogen) atoms. The molecule has 118 valence electrons. The molecule has 0 amide bonds. The Labute approximate surface area is 127 Å². The third-order valence-electron chi connectivity index (χ3n) is 4.32. The van der Waals surface area contributed by atoms with Crippen LogP contribution in [0.15, 0.2) is 24.3 Å². The molecule has 1 saturated carbocycles. The highest BCUT2D eigenvalue weighted by Crippen LogP contribution is 2.30. The van der Waals surface area contributed by atoms with E-state index in [-0.39, 0.29) is 17.0 Å². The predicted octanol–water partition coefficient (Wildman–Crippen LogP) is 2.70. The number of hydrogen-bond donors (Lipinski definition) is 1. The zero-order valence-corrected chi connectivity index (χ0v) is 13.7. The SMILES string of the molecule is CNC(CS(=O)(=O)C1CCCCC1)c1ccccc1OC. The van der Waals surface area contributed by atoms with E-state index in [2.05, 4.69) is 5.32 Å². The molecule has 1 aliphatic carbocycles. The normalized spacial score (nSPS) is 18.4. The van der Waals surface area contributed by atoms with Crippen molar-refractivity contribution in [3.05, 3.63) is 29.8 Å². The summed E-state index contributed by atoms with van der Waals surface area (Å²) in [5, 5.41) is 2.96. The fourth-order valence-electron chi connectivity index (χ4n) is 3.08. The van der Waals surface area contributed by atoms with Gasteiger partial charge in [0.15, 0.2) is 9.84 Å². The molecular formula is C16H25NO3S. The molecule has 1 unspecified atom stereocenters. The molecule has 4 nitrogen and oxygen atoms in total. The van der Waals surface area contributed by atoms with Crippen LogP contribution >= 0.6 is 0 Å². The first-order valence-corrected chi connectivity index (χ1v) is 9.31. The Hall–Kier alpha value is -1.07. The summed E-state index contributed by atoms with van der Waals surface area (Å²) in [5.41, 5.74) is 0.905. The minimum absolute atomic E-state index is 0.133. The summed E-state index contributed by atoms with van der Waals surface area (Å²) in [6, 6.07) is 7.37. The molecule has 1 aromatic rings. The number of benzene rings is 1. The number of para-hydroxylation sites is 1. The lowest BCUT2D eigenvalue weighted by Gasteiger charge is -2.25. The van der Waals surface area contributed by atoms with Crippen LogP contribution in [0.1, 0.15) is 43.7 Å². The first-order chi connectivity index (χ1) is 10.1. The van der Waals surface area contributed by atoms with Crippen LogP contribution < -0.4 is 10.1 Å². The standard InChI is InChI=1S/C16H25NO3S/c1-17-15(14-10-6-7-11-16(14)20-2)12-21(18,19)13-8-4-3-5-9-13/h6-7,10-11,13,15,17H,3-5,8-9,12H2,1-2H3. The van der Waals surface area contributed by atoms with E-state index in [1.54, 1.807) is 14.2 Å². The van der Waals surface area contributed by atoms with E-state index in [1.807, 2.05) is 24.3 Å². The van der Waals surface area contributed by atoms with Crippen LogP contribution in [-0.2, 0) is 9.84 Å². The second-order valence-electron chi connectivity index (χ2n) is 5.67. The quantitative estimate of drug-likeness (QED) is 0.877. The zero-order chi connectivity index (χ0) is 15.3. The lowest BCUT2D eigenvalue weighted by Crippen LogP contribution is -2.33. The summed E-state index contributed by atoms with van der Waals surface area (Å²) >= 11 is 0. The maximum absolute atomic E-state index is 12.6. The van der Waals surface area contributed by atoms with Gasteiger partial charge in [-0.3, -0.25) is 0 Å². The number of hydrogen-bond acceptors (Lipinski definition) is 4. The van der Waals surface area contributed by atoms with Crippen molar-refractivity contribution in [2.45, 2.75) is 43.4 Å². The Kier molecular flexibility index (Phi) is 5.65. The summed E-state index contributed by atoms with van der Waals surface area (Å²) in [6.07, 6.45) is 4.84. The third-order valence-corrected chi connectivity index (χ3v) is 6.61. The predicted molar refractivity (Wildman–Crippen MR) is 85.5 cm³/mol. The molecule has 1 aromatic carbocycles. The second kappa shape index (κ2) is 7.27. The number of rotatable bonds is 6. The van der Waals surface area contributed by atoms with Crippen molar-refractivity contribution in [2.24, 2.45) is 0 Å². The van der Waals surface area contributed by atoms with Gasteiger partial charge in [0.1, 0.15) is 5.75 Å². The van der Waals surface area contributed by atoms with Gasteiger partial charge in [0.25, 0.3) is 0 Å². The van der Waals surface area contributed by atoms with Gasteiger partial charge in [-0.2, -0.15) is 0 Å². The van der Waals surface area contributed by atoms with Crippen LogP contribution in [0.5, 0.6) is 5.75 Å². The number of sulfone groups is 1. The molecule has 1 N–H and O–H groups in total. The van der Waals surface area contributed by atoms with Gasteiger partial charge in [0.2, 0.25) is 0 Å². The van der Waals surface area contributed by atoms with Gasteiger partial charge in [0, 0.05) is 11.6 Å². The van der Waals surface area contributed by atoms with Crippen LogP contribution in [0.4, 0.5) is 0 Å². The second-order valence-corrected chi connectivity index (χ2v) is 8.00. The molecule has 0 spiro atoms. The average molecular weight is 311 g/mol. The third kappa shape index (κ3) is 3.98. The lowest BCUT2D eigenvalue weighted by atomic mass is 10.0. The van der Waals surface area contributed by atoms with Crippen molar-refractivity contribution < 1.29 is 13.2 Å². The van der Waals surface area contributed by atoms with Gasteiger partial charge in [-0.25, -0.2) is 8.42 Å². The van der Waals surface area contributed by atoms with Crippen molar-refractivity contribution >= 4 is 9.84 Å². The highest BCUT2D eigenvalue weighted by Gasteiger charge is 2.30. The highest BCUT2D eigenvalue weighted by molar-refractivity contribution is 7.92.